The quantitative estimate of drug-likeness (QED) is 0.326. The Hall–Kier alpha value is -3.95. The van der Waals surface area contributed by atoms with Gasteiger partial charge in [-0.1, -0.05) is 30.3 Å². The van der Waals surface area contributed by atoms with Gasteiger partial charge in [0, 0.05) is 62.6 Å². The van der Waals surface area contributed by atoms with Crippen molar-refractivity contribution in [1.29, 1.82) is 0 Å². The van der Waals surface area contributed by atoms with E-state index in [2.05, 4.69) is 36.3 Å². The molecule has 1 aliphatic rings. The monoisotopic (exact) mass is 541 g/mol. The first-order valence-corrected chi connectivity index (χ1v) is 14.4. The Kier molecular flexibility index (Phi) is 6.08. The molecule has 5 aromatic rings. The molecule has 200 valence electrons. The summed E-state index contributed by atoms with van der Waals surface area (Å²) in [5, 5.41) is 5.61. The van der Waals surface area contributed by atoms with Crippen LogP contribution in [0.25, 0.3) is 16.6 Å². The van der Waals surface area contributed by atoms with Crippen LogP contribution in [0.2, 0.25) is 0 Å². The SMILES string of the molecule is Cc1cc2c(cnn2-c2ccc(=O)n(C)c2)cc1C1(Cc2ccccc2)CCN(S(=O)(=O)c2ccn(C)c2)C1. The van der Waals surface area contributed by atoms with Crippen LogP contribution < -0.4 is 5.56 Å². The van der Waals surface area contributed by atoms with Crippen molar-refractivity contribution in [2.75, 3.05) is 13.1 Å². The summed E-state index contributed by atoms with van der Waals surface area (Å²) in [6.45, 7) is 2.95. The minimum Gasteiger partial charge on any atom is -0.356 e. The Bertz CT molecular complexity index is 1850. The topological polar surface area (TPSA) is 82.1 Å². The molecule has 1 saturated heterocycles. The van der Waals surface area contributed by atoms with Crippen molar-refractivity contribution in [3.8, 4) is 5.69 Å². The van der Waals surface area contributed by atoms with Gasteiger partial charge in [-0.2, -0.15) is 9.40 Å². The molecular weight excluding hydrogens is 510 g/mol. The van der Waals surface area contributed by atoms with Crippen molar-refractivity contribution in [3.63, 3.8) is 0 Å². The standard InChI is InChI=1S/C30H31N5O3S/c1-22-15-28-24(18-31-35(28)25-9-10-29(36)33(3)19-25)16-27(22)30(17-23-7-5-4-6-8-23)12-14-34(21-30)39(37,38)26-11-13-32(2)20-26/h4-11,13,15-16,18-20H,12,14,17,21H2,1-3H3. The second-order valence-corrected chi connectivity index (χ2v) is 12.6. The maximum absolute atomic E-state index is 13.6. The third-order valence-electron chi connectivity index (χ3n) is 7.95. The van der Waals surface area contributed by atoms with Crippen LogP contribution in [0.15, 0.2) is 95.1 Å². The number of rotatable bonds is 6. The van der Waals surface area contributed by atoms with E-state index in [1.165, 1.54) is 5.56 Å². The predicted molar refractivity (Wildman–Crippen MR) is 152 cm³/mol. The third-order valence-corrected chi connectivity index (χ3v) is 9.78. The molecule has 0 amide bonds. The molecule has 0 N–H and O–H groups in total. The smallest absolute Gasteiger partial charge is 0.250 e. The van der Waals surface area contributed by atoms with Gasteiger partial charge >= 0.3 is 0 Å². The van der Waals surface area contributed by atoms with Crippen molar-refractivity contribution >= 4 is 20.9 Å². The third kappa shape index (κ3) is 4.41. The molecule has 0 spiro atoms. The first-order valence-electron chi connectivity index (χ1n) is 13.0. The summed E-state index contributed by atoms with van der Waals surface area (Å²) in [4.78, 5) is 12.2. The summed E-state index contributed by atoms with van der Waals surface area (Å²) in [6, 6.07) is 19.6. The van der Waals surface area contributed by atoms with E-state index in [9.17, 15) is 13.2 Å². The van der Waals surface area contributed by atoms with Crippen LogP contribution in [0.1, 0.15) is 23.1 Å². The second kappa shape index (κ2) is 9.36. The molecule has 0 bridgehead atoms. The molecule has 1 aliphatic heterocycles. The molecule has 6 rings (SSSR count). The maximum Gasteiger partial charge on any atom is 0.250 e. The highest BCUT2D eigenvalue weighted by atomic mass is 32.2. The van der Waals surface area contributed by atoms with Gasteiger partial charge in [0.1, 0.15) is 0 Å². The number of nitrogens with zero attached hydrogens (tertiary/aromatic N) is 5. The number of benzene rings is 2. The Morgan fingerprint density at radius 3 is 2.51 bits per heavy atom. The van der Waals surface area contributed by atoms with Crippen LogP contribution in [0, 0.1) is 6.92 Å². The highest BCUT2D eigenvalue weighted by molar-refractivity contribution is 7.89. The van der Waals surface area contributed by atoms with Gasteiger partial charge in [0.05, 0.1) is 22.3 Å². The molecule has 0 radical (unpaired) electrons. The zero-order valence-electron chi connectivity index (χ0n) is 22.3. The van der Waals surface area contributed by atoms with Gasteiger partial charge in [-0.15, -0.1) is 0 Å². The van der Waals surface area contributed by atoms with E-state index in [0.717, 1.165) is 40.6 Å². The lowest BCUT2D eigenvalue weighted by Gasteiger charge is -2.32. The van der Waals surface area contributed by atoms with E-state index in [1.807, 2.05) is 36.1 Å². The van der Waals surface area contributed by atoms with Crippen LogP contribution in [0.3, 0.4) is 0 Å². The fourth-order valence-corrected chi connectivity index (χ4v) is 7.50. The molecule has 8 nitrogen and oxygen atoms in total. The number of hydrogen-bond donors (Lipinski definition) is 0. The summed E-state index contributed by atoms with van der Waals surface area (Å²) < 4.78 is 34.0. The van der Waals surface area contributed by atoms with Crippen LogP contribution in [0.4, 0.5) is 0 Å². The lowest BCUT2D eigenvalue weighted by atomic mass is 9.73. The Balaban J connectivity index is 1.45. The van der Waals surface area contributed by atoms with Gasteiger partial charge in [-0.3, -0.25) is 4.79 Å². The average Bonchev–Trinajstić information content (AvgIpc) is 3.65. The van der Waals surface area contributed by atoms with Gasteiger partial charge in [0.15, 0.2) is 0 Å². The highest BCUT2D eigenvalue weighted by Crippen LogP contribution is 2.42. The summed E-state index contributed by atoms with van der Waals surface area (Å²) in [5.74, 6) is 0. The Morgan fingerprint density at radius 2 is 1.79 bits per heavy atom. The van der Waals surface area contributed by atoms with E-state index in [-0.39, 0.29) is 11.0 Å². The molecular formula is C30H31N5O3S. The molecule has 1 fully saturated rings. The fraction of sp³-hybridized carbons (Fsp3) is 0.267. The summed E-state index contributed by atoms with van der Waals surface area (Å²) in [6.07, 6.45) is 8.49. The number of aryl methyl sites for hydroxylation is 3. The number of aromatic nitrogens is 4. The lowest BCUT2D eigenvalue weighted by molar-refractivity contribution is 0.413. The minimum absolute atomic E-state index is 0.0761. The molecule has 39 heavy (non-hydrogen) atoms. The van der Waals surface area contributed by atoms with E-state index in [1.54, 1.807) is 57.3 Å². The molecule has 0 saturated carbocycles. The zero-order valence-corrected chi connectivity index (χ0v) is 23.1. The van der Waals surface area contributed by atoms with Crippen molar-refractivity contribution < 1.29 is 8.42 Å². The van der Waals surface area contributed by atoms with Crippen LogP contribution >= 0.6 is 0 Å². The van der Waals surface area contributed by atoms with E-state index in [0.29, 0.717) is 18.0 Å². The van der Waals surface area contributed by atoms with Crippen LogP contribution in [0.5, 0.6) is 0 Å². The second-order valence-electron chi connectivity index (χ2n) is 10.7. The first-order chi connectivity index (χ1) is 18.7. The molecule has 0 aliphatic carbocycles. The minimum atomic E-state index is -3.62. The molecule has 1 unspecified atom stereocenters. The van der Waals surface area contributed by atoms with Gasteiger partial charge in [-0.05, 0) is 60.7 Å². The highest BCUT2D eigenvalue weighted by Gasteiger charge is 2.45. The normalized spacial score (nSPS) is 18.2. The van der Waals surface area contributed by atoms with Gasteiger partial charge in [0.25, 0.3) is 0 Å². The van der Waals surface area contributed by atoms with Gasteiger partial charge < -0.3 is 9.13 Å². The number of pyridine rings is 1. The average molecular weight is 542 g/mol. The molecule has 3 aromatic heterocycles. The van der Waals surface area contributed by atoms with E-state index in [4.69, 9.17) is 0 Å². The predicted octanol–water partition coefficient (Wildman–Crippen LogP) is 3.95. The fourth-order valence-electron chi connectivity index (χ4n) is 5.93. The Labute approximate surface area is 227 Å². The van der Waals surface area contributed by atoms with E-state index < -0.39 is 10.0 Å². The van der Waals surface area contributed by atoms with Gasteiger partial charge in [-0.25, -0.2) is 13.1 Å². The van der Waals surface area contributed by atoms with Crippen LogP contribution in [-0.2, 0) is 36.0 Å². The number of hydrogen-bond acceptors (Lipinski definition) is 4. The Morgan fingerprint density at radius 1 is 1.00 bits per heavy atom. The molecule has 2 aromatic carbocycles. The van der Waals surface area contributed by atoms with Crippen LogP contribution in [-0.4, -0.2) is 44.7 Å². The molecule has 9 heteroatoms. The molecule has 1 atom stereocenters. The molecule has 4 heterocycles. The summed E-state index contributed by atoms with van der Waals surface area (Å²) in [7, 11) is -0.0603. The first kappa shape index (κ1) is 25.3. The number of sulfonamides is 1. The largest absolute Gasteiger partial charge is 0.356 e. The van der Waals surface area contributed by atoms with E-state index >= 15 is 0 Å². The zero-order chi connectivity index (χ0) is 27.4. The van der Waals surface area contributed by atoms with Crippen molar-refractivity contribution in [2.45, 2.75) is 30.1 Å². The van der Waals surface area contributed by atoms with Crippen molar-refractivity contribution in [1.82, 2.24) is 23.2 Å². The summed E-state index contributed by atoms with van der Waals surface area (Å²) >= 11 is 0. The van der Waals surface area contributed by atoms with Gasteiger partial charge in [0.2, 0.25) is 15.6 Å². The number of fused-ring (bicyclic) bond motifs is 1. The maximum atomic E-state index is 13.6. The summed E-state index contributed by atoms with van der Waals surface area (Å²) in [5.41, 5.74) is 4.69. The lowest BCUT2D eigenvalue weighted by Crippen LogP contribution is -2.36. The van der Waals surface area contributed by atoms with Crippen molar-refractivity contribution in [2.24, 2.45) is 14.1 Å². The van der Waals surface area contributed by atoms with Crippen molar-refractivity contribution in [3.05, 3.63) is 112 Å².